The van der Waals surface area contributed by atoms with Gasteiger partial charge in [-0.05, 0) is 49.0 Å². The molecule has 0 aliphatic carbocycles. The minimum absolute atomic E-state index is 0.656. The molecule has 0 saturated heterocycles. The summed E-state index contributed by atoms with van der Waals surface area (Å²) in [6.45, 7) is 2.06. The molecule has 2 aromatic carbocycles. The lowest BCUT2D eigenvalue weighted by Gasteiger charge is -2.06. The van der Waals surface area contributed by atoms with Gasteiger partial charge in [0.25, 0.3) is 0 Å². The van der Waals surface area contributed by atoms with Crippen LogP contribution in [-0.4, -0.2) is 9.55 Å². The Kier molecular flexibility index (Phi) is 2.73. The van der Waals surface area contributed by atoms with Gasteiger partial charge < -0.3 is 4.98 Å². The van der Waals surface area contributed by atoms with Crippen LogP contribution in [0.2, 0.25) is 5.02 Å². The van der Waals surface area contributed by atoms with Gasteiger partial charge in [-0.3, -0.25) is 4.57 Å². The minimum Gasteiger partial charge on any atom is -0.330 e. The molecule has 3 rings (SSSR count). The molecule has 0 fully saturated rings. The van der Waals surface area contributed by atoms with Crippen molar-refractivity contribution in [3.8, 4) is 5.69 Å². The molecule has 4 heteroatoms. The van der Waals surface area contributed by atoms with Gasteiger partial charge in [0, 0.05) is 5.69 Å². The number of aryl methyl sites for hydroxylation is 1. The first-order valence-corrected chi connectivity index (χ1v) is 6.42. The van der Waals surface area contributed by atoms with E-state index < -0.39 is 0 Å². The number of benzene rings is 2. The molecule has 0 spiro atoms. The van der Waals surface area contributed by atoms with Crippen molar-refractivity contribution in [3.05, 3.63) is 57.8 Å². The molecule has 0 amide bonds. The molecule has 1 aromatic heterocycles. The van der Waals surface area contributed by atoms with E-state index in [1.165, 1.54) is 5.56 Å². The maximum Gasteiger partial charge on any atom is 0.182 e. The Morgan fingerprint density at radius 1 is 1.17 bits per heavy atom. The standard InChI is InChI=1S/C14H11ClN2S/c1-9-4-2-5-10(8-9)17-13-11(15)6-3-7-12(13)16-14(17)18/h2-8H,1H3,(H,16,18). The molecule has 0 radical (unpaired) electrons. The summed E-state index contributed by atoms with van der Waals surface area (Å²) in [6, 6.07) is 14.0. The van der Waals surface area contributed by atoms with Gasteiger partial charge in [-0.2, -0.15) is 0 Å². The van der Waals surface area contributed by atoms with E-state index in [9.17, 15) is 0 Å². The minimum atomic E-state index is 0.656. The van der Waals surface area contributed by atoms with Crippen LogP contribution in [0.4, 0.5) is 0 Å². The number of hydrogen-bond acceptors (Lipinski definition) is 1. The number of aromatic nitrogens is 2. The fourth-order valence-electron chi connectivity index (χ4n) is 2.13. The second-order valence-electron chi connectivity index (χ2n) is 4.24. The highest BCUT2D eigenvalue weighted by atomic mass is 35.5. The van der Waals surface area contributed by atoms with Crippen LogP contribution in [0.3, 0.4) is 0 Å². The number of aromatic amines is 1. The first-order valence-electron chi connectivity index (χ1n) is 5.63. The van der Waals surface area contributed by atoms with Crippen LogP contribution in [0.1, 0.15) is 5.56 Å². The lowest BCUT2D eigenvalue weighted by molar-refractivity contribution is 1.06. The Morgan fingerprint density at radius 2 is 1.94 bits per heavy atom. The average molecular weight is 275 g/mol. The van der Waals surface area contributed by atoms with Crippen LogP contribution in [0.5, 0.6) is 0 Å². The molecule has 1 N–H and O–H groups in total. The van der Waals surface area contributed by atoms with Gasteiger partial charge in [-0.1, -0.05) is 29.8 Å². The molecule has 0 bridgehead atoms. The highest BCUT2D eigenvalue weighted by molar-refractivity contribution is 7.71. The van der Waals surface area contributed by atoms with Crippen molar-refractivity contribution in [2.75, 3.05) is 0 Å². The second-order valence-corrected chi connectivity index (χ2v) is 5.03. The smallest absolute Gasteiger partial charge is 0.182 e. The summed E-state index contributed by atoms with van der Waals surface area (Å²) in [5, 5.41) is 0.696. The highest BCUT2D eigenvalue weighted by Gasteiger charge is 2.09. The normalized spacial score (nSPS) is 11.0. The Bertz CT molecular complexity index is 786. The number of fused-ring (bicyclic) bond motifs is 1. The number of nitrogens with one attached hydrogen (secondary N) is 1. The van der Waals surface area contributed by atoms with E-state index >= 15 is 0 Å². The molecule has 0 aliphatic heterocycles. The third-order valence-electron chi connectivity index (χ3n) is 2.91. The molecule has 18 heavy (non-hydrogen) atoms. The Hall–Kier alpha value is -1.58. The fourth-order valence-corrected chi connectivity index (χ4v) is 2.70. The van der Waals surface area contributed by atoms with Crippen LogP contribution in [0, 0.1) is 11.7 Å². The third kappa shape index (κ3) is 1.76. The van der Waals surface area contributed by atoms with Crippen molar-refractivity contribution in [1.82, 2.24) is 9.55 Å². The molecule has 1 heterocycles. The number of H-pyrrole nitrogens is 1. The summed E-state index contributed by atoms with van der Waals surface area (Å²) in [5.41, 5.74) is 4.10. The summed E-state index contributed by atoms with van der Waals surface area (Å²) in [5.74, 6) is 0. The molecule has 2 nitrogen and oxygen atoms in total. The van der Waals surface area contributed by atoms with Crippen LogP contribution in [0.15, 0.2) is 42.5 Å². The maximum atomic E-state index is 6.28. The summed E-state index contributed by atoms with van der Waals surface area (Å²) in [6.07, 6.45) is 0. The quantitative estimate of drug-likeness (QED) is 0.641. The van der Waals surface area contributed by atoms with E-state index in [1.54, 1.807) is 0 Å². The topological polar surface area (TPSA) is 20.7 Å². The molecular weight excluding hydrogens is 264 g/mol. The van der Waals surface area contributed by atoms with Gasteiger partial charge in [0.05, 0.1) is 16.1 Å². The molecular formula is C14H11ClN2S. The van der Waals surface area contributed by atoms with Crippen molar-refractivity contribution >= 4 is 34.9 Å². The van der Waals surface area contributed by atoms with E-state index in [1.807, 2.05) is 34.9 Å². The van der Waals surface area contributed by atoms with Crippen molar-refractivity contribution < 1.29 is 0 Å². The summed E-state index contributed by atoms with van der Waals surface area (Å²) < 4.78 is 2.63. The number of hydrogen-bond donors (Lipinski definition) is 1. The van der Waals surface area contributed by atoms with Crippen molar-refractivity contribution in [1.29, 1.82) is 0 Å². The van der Waals surface area contributed by atoms with Gasteiger partial charge >= 0.3 is 0 Å². The SMILES string of the molecule is Cc1cccc(-n2c(=S)[nH]c3cccc(Cl)c32)c1. The van der Waals surface area contributed by atoms with Gasteiger partial charge in [0.15, 0.2) is 4.77 Å². The van der Waals surface area contributed by atoms with Crippen molar-refractivity contribution in [2.24, 2.45) is 0 Å². The highest BCUT2D eigenvalue weighted by Crippen LogP contribution is 2.26. The summed E-state index contributed by atoms with van der Waals surface area (Å²) in [7, 11) is 0. The molecule has 0 unspecified atom stereocenters. The predicted octanol–water partition coefficient (Wildman–Crippen LogP) is 4.65. The van der Waals surface area contributed by atoms with Crippen molar-refractivity contribution in [3.63, 3.8) is 0 Å². The Morgan fingerprint density at radius 3 is 2.72 bits per heavy atom. The molecule has 0 saturated carbocycles. The maximum absolute atomic E-state index is 6.28. The van der Waals surface area contributed by atoms with Gasteiger partial charge in [-0.15, -0.1) is 0 Å². The number of rotatable bonds is 1. The van der Waals surface area contributed by atoms with Gasteiger partial charge in [0.1, 0.15) is 0 Å². The first kappa shape index (κ1) is 11.5. The molecule has 0 aliphatic rings. The van der Waals surface area contributed by atoms with Gasteiger partial charge in [-0.25, -0.2) is 0 Å². The second kappa shape index (κ2) is 4.26. The number of halogens is 1. The zero-order valence-electron chi connectivity index (χ0n) is 9.77. The number of nitrogens with zero attached hydrogens (tertiary/aromatic N) is 1. The fraction of sp³-hybridized carbons (Fsp3) is 0.0714. The average Bonchev–Trinajstić information content (AvgIpc) is 2.67. The Labute approximate surface area is 115 Å². The van der Waals surface area contributed by atoms with Crippen LogP contribution < -0.4 is 0 Å². The summed E-state index contributed by atoms with van der Waals surface area (Å²) >= 11 is 11.7. The lowest BCUT2D eigenvalue weighted by atomic mass is 10.2. The van der Waals surface area contributed by atoms with E-state index in [0.29, 0.717) is 9.79 Å². The van der Waals surface area contributed by atoms with Gasteiger partial charge in [0.2, 0.25) is 0 Å². The monoisotopic (exact) mass is 274 g/mol. The van der Waals surface area contributed by atoms with E-state index in [4.69, 9.17) is 23.8 Å². The van der Waals surface area contributed by atoms with Crippen LogP contribution in [-0.2, 0) is 0 Å². The molecule has 3 aromatic rings. The molecule has 90 valence electrons. The lowest BCUT2D eigenvalue weighted by Crippen LogP contribution is -1.94. The van der Waals surface area contributed by atoms with Crippen LogP contribution in [0.25, 0.3) is 16.7 Å². The summed E-state index contributed by atoms with van der Waals surface area (Å²) in [4.78, 5) is 3.18. The van der Waals surface area contributed by atoms with Crippen molar-refractivity contribution in [2.45, 2.75) is 6.92 Å². The third-order valence-corrected chi connectivity index (χ3v) is 3.50. The zero-order chi connectivity index (χ0) is 12.7. The Balaban J connectivity index is 2.42. The number of imidazole rings is 1. The van der Waals surface area contributed by atoms with E-state index in [2.05, 4.69) is 24.0 Å². The molecule has 0 atom stereocenters. The van der Waals surface area contributed by atoms with E-state index in [0.717, 1.165) is 16.7 Å². The van der Waals surface area contributed by atoms with Crippen LogP contribution >= 0.6 is 23.8 Å². The first-order chi connectivity index (χ1) is 8.66. The largest absolute Gasteiger partial charge is 0.330 e. The predicted molar refractivity (Wildman–Crippen MR) is 78.2 cm³/mol. The zero-order valence-corrected chi connectivity index (χ0v) is 11.3. The number of para-hydroxylation sites is 1. The van der Waals surface area contributed by atoms with E-state index in [-0.39, 0.29) is 0 Å².